The Balaban J connectivity index is 1.56. The van der Waals surface area contributed by atoms with E-state index in [4.69, 9.17) is 16.3 Å². The first-order valence-corrected chi connectivity index (χ1v) is 7.61. The Morgan fingerprint density at radius 2 is 2.21 bits per heavy atom. The first-order valence-electron chi connectivity index (χ1n) is 6.41. The fourth-order valence-corrected chi connectivity index (χ4v) is 3.29. The predicted octanol–water partition coefficient (Wildman–Crippen LogP) is 2.69. The maximum atomic E-state index is 5.97. The molecule has 1 N–H and O–H groups in total. The van der Waals surface area contributed by atoms with Crippen LogP contribution in [0.2, 0.25) is 5.02 Å². The van der Waals surface area contributed by atoms with Crippen molar-refractivity contribution in [2.45, 2.75) is 0 Å². The average molecular weight is 298 g/mol. The summed E-state index contributed by atoms with van der Waals surface area (Å²) >= 11 is 7.62. The lowest BCUT2D eigenvalue weighted by atomic mass is 10.3. The third-order valence-corrected chi connectivity index (χ3v) is 4.37. The molecule has 1 aromatic heterocycles. The van der Waals surface area contributed by atoms with Crippen LogP contribution >= 0.6 is 22.9 Å². The number of benzene rings is 1. The number of halogens is 1. The van der Waals surface area contributed by atoms with Crippen molar-refractivity contribution < 1.29 is 4.74 Å². The van der Waals surface area contributed by atoms with Gasteiger partial charge in [-0.25, -0.2) is 4.98 Å². The van der Waals surface area contributed by atoms with Gasteiger partial charge in [0.05, 0.1) is 23.4 Å². The van der Waals surface area contributed by atoms with Crippen LogP contribution in [0.15, 0.2) is 18.2 Å². The normalized spacial score (nSPS) is 16.9. The van der Waals surface area contributed by atoms with Crippen molar-refractivity contribution in [3.63, 3.8) is 0 Å². The summed E-state index contributed by atoms with van der Waals surface area (Å²) in [6.07, 6.45) is 0. The van der Waals surface area contributed by atoms with Gasteiger partial charge in [0.2, 0.25) is 0 Å². The van der Waals surface area contributed by atoms with E-state index in [1.807, 2.05) is 18.2 Å². The molecule has 6 heteroatoms. The number of nitrogens with one attached hydrogen (secondary N) is 1. The summed E-state index contributed by atoms with van der Waals surface area (Å²) in [6.45, 7) is 5.68. The molecular weight excluding hydrogens is 282 g/mol. The van der Waals surface area contributed by atoms with Crippen molar-refractivity contribution in [2.75, 3.05) is 44.7 Å². The minimum absolute atomic E-state index is 0.760. The number of anilines is 1. The summed E-state index contributed by atoms with van der Waals surface area (Å²) in [5, 5.41) is 5.11. The van der Waals surface area contributed by atoms with Crippen LogP contribution < -0.4 is 5.32 Å². The zero-order valence-corrected chi connectivity index (χ0v) is 12.1. The van der Waals surface area contributed by atoms with E-state index in [1.54, 1.807) is 11.3 Å². The highest BCUT2D eigenvalue weighted by molar-refractivity contribution is 7.22. The number of ether oxygens (including phenoxy) is 1. The van der Waals surface area contributed by atoms with Gasteiger partial charge in [-0.1, -0.05) is 22.9 Å². The van der Waals surface area contributed by atoms with Gasteiger partial charge in [-0.15, -0.1) is 0 Å². The first-order chi connectivity index (χ1) is 9.31. The van der Waals surface area contributed by atoms with Crippen LogP contribution in [0.25, 0.3) is 10.2 Å². The summed E-state index contributed by atoms with van der Waals surface area (Å²) in [5.41, 5.74) is 1.00. The molecule has 19 heavy (non-hydrogen) atoms. The molecule has 0 atom stereocenters. The first kappa shape index (κ1) is 13.1. The van der Waals surface area contributed by atoms with Crippen molar-refractivity contribution in [1.29, 1.82) is 0 Å². The zero-order valence-electron chi connectivity index (χ0n) is 10.6. The molecule has 102 valence electrons. The molecule has 4 nitrogen and oxygen atoms in total. The van der Waals surface area contributed by atoms with E-state index in [2.05, 4.69) is 15.2 Å². The van der Waals surface area contributed by atoms with Crippen molar-refractivity contribution >= 4 is 38.3 Å². The van der Waals surface area contributed by atoms with Crippen LogP contribution in [-0.4, -0.2) is 49.3 Å². The number of hydrogen-bond acceptors (Lipinski definition) is 5. The summed E-state index contributed by atoms with van der Waals surface area (Å²) < 4.78 is 6.46. The van der Waals surface area contributed by atoms with Crippen LogP contribution in [0.5, 0.6) is 0 Å². The highest BCUT2D eigenvalue weighted by Gasteiger charge is 2.10. The van der Waals surface area contributed by atoms with E-state index in [1.165, 1.54) is 0 Å². The van der Waals surface area contributed by atoms with Crippen molar-refractivity contribution in [3.05, 3.63) is 23.2 Å². The molecule has 3 rings (SSSR count). The highest BCUT2D eigenvalue weighted by Crippen LogP contribution is 2.28. The van der Waals surface area contributed by atoms with E-state index in [0.29, 0.717) is 0 Å². The lowest BCUT2D eigenvalue weighted by Gasteiger charge is -2.26. The predicted molar refractivity (Wildman–Crippen MR) is 80.4 cm³/mol. The van der Waals surface area contributed by atoms with Gasteiger partial charge in [-0.3, -0.25) is 4.90 Å². The molecule has 1 aliphatic rings. The maximum absolute atomic E-state index is 5.97. The van der Waals surface area contributed by atoms with E-state index < -0.39 is 0 Å². The smallest absolute Gasteiger partial charge is 0.183 e. The third-order valence-electron chi connectivity index (χ3n) is 3.16. The molecule has 0 radical (unpaired) electrons. The lowest BCUT2D eigenvalue weighted by molar-refractivity contribution is 0.0398. The minimum atomic E-state index is 0.760. The van der Waals surface area contributed by atoms with Crippen molar-refractivity contribution in [1.82, 2.24) is 9.88 Å². The maximum Gasteiger partial charge on any atom is 0.183 e. The molecule has 1 aromatic carbocycles. The topological polar surface area (TPSA) is 37.4 Å². The Bertz CT molecular complexity index is 554. The Labute approximate surface area is 121 Å². The number of aromatic nitrogens is 1. The fourth-order valence-electron chi connectivity index (χ4n) is 2.12. The monoisotopic (exact) mass is 297 g/mol. The molecule has 0 bridgehead atoms. The Morgan fingerprint density at radius 3 is 3.05 bits per heavy atom. The number of nitrogens with zero attached hydrogens (tertiary/aromatic N) is 2. The highest BCUT2D eigenvalue weighted by atomic mass is 35.5. The number of morpholine rings is 1. The Kier molecular flexibility index (Phi) is 4.18. The fraction of sp³-hybridized carbons (Fsp3) is 0.462. The molecule has 1 fully saturated rings. The summed E-state index contributed by atoms with van der Waals surface area (Å²) in [7, 11) is 0. The number of thiazole rings is 1. The minimum Gasteiger partial charge on any atom is -0.379 e. The number of hydrogen-bond donors (Lipinski definition) is 1. The lowest BCUT2D eigenvalue weighted by Crippen LogP contribution is -2.38. The molecule has 0 spiro atoms. The largest absolute Gasteiger partial charge is 0.379 e. The molecule has 2 aromatic rings. The van der Waals surface area contributed by atoms with E-state index in [0.717, 1.165) is 59.8 Å². The van der Waals surface area contributed by atoms with Crippen LogP contribution in [0.1, 0.15) is 0 Å². The summed E-state index contributed by atoms with van der Waals surface area (Å²) in [4.78, 5) is 6.95. The molecule has 0 unspecified atom stereocenters. The third kappa shape index (κ3) is 3.36. The SMILES string of the molecule is Clc1ccc2nc(NCCN3CCOCC3)sc2c1. The van der Waals surface area contributed by atoms with E-state index in [9.17, 15) is 0 Å². The van der Waals surface area contributed by atoms with Gasteiger partial charge in [0.1, 0.15) is 0 Å². The van der Waals surface area contributed by atoms with Gasteiger partial charge < -0.3 is 10.1 Å². The Morgan fingerprint density at radius 1 is 1.37 bits per heavy atom. The molecule has 0 saturated carbocycles. The van der Waals surface area contributed by atoms with Crippen LogP contribution in [-0.2, 0) is 4.74 Å². The molecule has 0 aliphatic carbocycles. The quantitative estimate of drug-likeness (QED) is 0.941. The molecule has 0 amide bonds. The van der Waals surface area contributed by atoms with Gasteiger partial charge in [0, 0.05) is 31.2 Å². The number of fused-ring (bicyclic) bond motifs is 1. The molecular formula is C13H16ClN3OS. The summed E-state index contributed by atoms with van der Waals surface area (Å²) in [5.74, 6) is 0. The second-order valence-electron chi connectivity index (χ2n) is 4.51. The zero-order chi connectivity index (χ0) is 13.1. The average Bonchev–Trinajstić information content (AvgIpc) is 2.82. The van der Waals surface area contributed by atoms with Gasteiger partial charge in [0.25, 0.3) is 0 Å². The molecule has 1 aliphatic heterocycles. The molecule has 1 saturated heterocycles. The standard InChI is InChI=1S/C13H16ClN3OS/c14-10-1-2-11-12(9-10)19-13(16-11)15-3-4-17-5-7-18-8-6-17/h1-2,9H,3-8H2,(H,15,16). The van der Waals surface area contributed by atoms with Crippen LogP contribution in [0.3, 0.4) is 0 Å². The number of rotatable bonds is 4. The van der Waals surface area contributed by atoms with Gasteiger partial charge in [-0.05, 0) is 18.2 Å². The Hall–Kier alpha value is -0.880. The van der Waals surface area contributed by atoms with Crippen molar-refractivity contribution in [3.8, 4) is 0 Å². The second-order valence-corrected chi connectivity index (χ2v) is 5.98. The van der Waals surface area contributed by atoms with Gasteiger partial charge in [-0.2, -0.15) is 0 Å². The van der Waals surface area contributed by atoms with Gasteiger partial charge in [0.15, 0.2) is 5.13 Å². The summed E-state index contributed by atoms with van der Waals surface area (Å²) in [6, 6.07) is 5.80. The molecule has 2 heterocycles. The van der Waals surface area contributed by atoms with Gasteiger partial charge >= 0.3 is 0 Å². The van der Waals surface area contributed by atoms with E-state index >= 15 is 0 Å². The van der Waals surface area contributed by atoms with E-state index in [-0.39, 0.29) is 0 Å². The van der Waals surface area contributed by atoms with Crippen LogP contribution in [0, 0.1) is 0 Å². The van der Waals surface area contributed by atoms with Crippen molar-refractivity contribution in [2.24, 2.45) is 0 Å². The van der Waals surface area contributed by atoms with Crippen LogP contribution in [0.4, 0.5) is 5.13 Å². The second kappa shape index (κ2) is 6.05.